The number of benzene rings is 1. The second-order valence-corrected chi connectivity index (χ2v) is 8.28. The number of anilines is 1. The highest BCUT2D eigenvalue weighted by Gasteiger charge is 2.51. The zero-order valence-corrected chi connectivity index (χ0v) is 17.0. The van der Waals surface area contributed by atoms with Crippen molar-refractivity contribution >= 4 is 18.3 Å². The maximum absolute atomic E-state index is 6.15. The Morgan fingerprint density at radius 1 is 1.00 bits per heavy atom. The van der Waals surface area contributed by atoms with E-state index in [0.717, 1.165) is 18.4 Å². The van der Waals surface area contributed by atoms with Crippen LogP contribution in [0.25, 0.3) is 0 Å². The molecule has 2 aliphatic rings. The van der Waals surface area contributed by atoms with Gasteiger partial charge in [-0.05, 0) is 64.6 Å². The smallest absolute Gasteiger partial charge is 0.399 e. The average molecular weight is 361 g/mol. The van der Waals surface area contributed by atoms with Crippen molar-refractivity contribution in [1.29, 1.82) is 0 Å². The van der Waals surface area contributed by atoms with Gasteiger partial charge in [0, 0.05) is 26.5 Å². The molecule has 2 saturated heterocycles. The van der Waals surface area contributed by atoms with E-state index in [0.29, 0.717) is 0 Å². The summed E-state index contributed by atoms with van der Waals surface area (Å²) in [5.74, 6) is 0. The second kappa shape index (κ2) is 7.51. The van der Waals surface area contributed by atoms with Gasteiger partial charge in [-0.2, -0.15) is 0 Å². The van der Waals surface area contributed by atoms with E-state index in [1.165, 1.54) is 18.5 Å². The van der Waals surface area contributed by atoms with Crippen LogP contribution < -0.4 is 10.4 Å². The van der Waals surface area contributed by atoms with Crippen LogP contribution in [0.2, 0.25) is 0 Å². The Kier molecular flexibility index (Phi) is 5.68. The molecule has 2 fully saturated rings. The van der Waals surface area contributed by atoms with Gasteiger partial charge < -0.3 is 23.7 Å². The van der Waals surface area contributed by atoms with E-state index < -0.39 is 0 Å². The molecule has 1 aromatic rings. The molecule has 6 heteroatoms. The number of rotatable bonds is 5. The van der Waals surface area contributed by atoms with Crippen LogP contribution >= 0.6 is 0 Å². The van der Waals surface area contributed by atoms with Gasteiger partial charge in [0.15, 0.2) is 6.29 Å². The molecule has 0 radical (unpaired) electrons. The second-order valence-electron chi connectivity index (χ2n) is 8.28. The Morgan fingerprint density at radius 2 is 1.58 bits per heavy atom. The molecule has 0 bridgehead atoms. The van der Waals surface area contributed by atoms with Gasteiger partial charge >= 0.3 is 7.12 Å². The first-order valence-corrected chi connectivity index (χ1v) is 9.57. The maximum atomic E-state index is 6.15. The topological polar surface area (TPSA) is 40.2 Å². The molecule has 0 aromatic heterocycles. The average Bonchev–Trinajstić information content (AvgIpc) is 2.84. The monoisotopic (exact) mass is 361 g/mol. The summed E-state index contributed by atoms with van der Waals surface area (Å²) in [5.41, 5.74) is 1.60. The Morgan fingerprint density at radius 3 is 2.12 bits per heavy atom. The van der Waals surface area contributed by atoms with Gasteiger partial charge in [0.2, 0.25) is 0 Å². The Bertz CT molecular complexity index is 584. The van der Waals surface area contributed by atoms with Crippen LogP contribution in [-0.4, -0.2) is 51.4 Å². The Labute approximate surface area is 158 Å². The first-order valence-electron chi connectivity index (χ1n) is 9.57. The molecule has 2 heterocycles. The normalized spacial score (nSPS) is 25.1. The molecular weight excluding hydrogens is 329 g/mol. The molecule has 0 amide bonds. The molecule has 2 aliphatic heterocycles. The van der Waals surface area contributed by atoms with Crippen LogP contribution in [0.5, 0.6) is 0 Å². The zero-order valence-electron chi connectivity index (χ0n) is 17.0. The van der Waals surface area contributed by atoms with E-state index in [2.05, 4.69) is 56.9 Å². The van der Waals surface area contributed by atoms with E-state index in [1.54, 1.807) is 14.2 Å². The van der Waals surface area contributed by atoms with E-state index in [9.17, 15) is 0 Å². The zero-order chi connectivity index (χ0) is 18.9. The summed E-state index contributed by atoms with van der Waals surface area (Å²) in [6.07, 6.45) is 3.26. The predicted octanol–water partition coefficient (Wildman–Crippen LogP) is 2.96. The molecule has 0 saturated carbocycles. The summed E-state index contributed by atoms with van der Waals surface area (Å²) in [4.78, 5) is 2.40. The van der Waals surface area contributed by atoms with Crippen molar-refractivity contribution in [3.8, 4) is 0 Å². The van der Waals surface area contributed by atoms with Crippen molar-refractivity contribution in [3.63, 3.8) is 0 Å². The van der Waals surface area contributed by atoms with Crippen molar-refractivity contribution in [2.75, 3.05) is 25.7 Å². The van der Waals surface area contributed by atoms with Crippen molar-refractivity contribution in [1.82, 2.24) is 0 Å². The lowest BCUT2D eigenvalue weighted by molar-refractivity contribution is -0.120. The minimum atomic E-state index is -0.322. The molecule has 26 heavy (non-hydrogen) atoms. The SMILES string of the molecule is COC(OC)C1CCCCN1c1ccc(B2OC(C)(C)C(C)(C)O2)cc1. The lowest BCUT2D eigenvalue weighted by Crippen LogP contribution is -2.48. The highest BCUT2D eigenvalue weighted by atomic mass is 16.7. The van der Waals surface area contributed by atoms with E-state index >= 15 is 0 Å². The lowest BCUT2D eigenvalue weighted by Gasteiger charge is -2.40. The van der Waals surface area contributed by atoms with Crippen molar-refractivity contribution in [2.24, 2.45) is 0 Å². The van der Waals surface area contributed by atoms with E-state index in [4.69, 9.17) is 18.8 Å². The number of piperidine rings is 1. The third-order valence-corrected chi connectivity index (χ3v) is 6.08. The van der Waals surface area contributed by atoms with Crippen LogP contribution in [-0.2, 0) is 18.8 Å². The fraction of sp³-hybridized carbons (Fsp3) is 0.700. The predicted molar refractivity (Wildman–Crippen MR) is 105 cm³/mol. The number of methoxy groups -OCH3 is 2. The molecule has 0 aliphatic carbocycles. The van der Waals surface area contributed by atoms with E-state index in [1.807, 2.05) is 0 Å². The maximum Gasteiger partial charge on any atom is 0.494 e. The molecular formula is C20H32BNO4. The van der Waals surface area contributed by atoms with Gasteiger partial charge in [-0.15, -0.1) is 0 Å². The highest BCUT2D eigenvalue weighted by Crippen LogP contribution is 2.36. The molecule has 0 spiro atoms. The minimum absolute atomic E-state index is 0.210. The van der Waals surface area contributed by atoms with Gasteiger partial charge in [0.1, 0.15) is 0 Å². The summed E-state index contributed by atoms with van der Waals surface area (Å²) in [7, 11) is 3.10. The summed E-state index contributed by atoms with van der Waals surface area (Å²) < 4.78 is 23.4. The summed E-state index contributed by atoms with van der Waals surface area (Å²) in [6.45, 7) is 9.33. The van der Waals surface area contributed by atoms with Crippen LogP contribution in [0.3, 0.4) is 0 Å². The van der Waals surface area contributed by atoms with Crippen molar-refractivity contribution in [3.05, 3.63) is 24.3 Å². The lowest BCUT2D eigenvalue weighted by atomic mass is 9.79. The van der Waals surface area contributed by atoms with Crippen LogP contribution in [0.1, 0.15) is 47.0 Å². The first kappa shape index (κ1) is 19.7. The largest absolute Gasteiger partial charge is 0.494 e. The summed E-state index contributed by atoms with van der Waals surface area (Å²) in [5, 5.41) is 0. The fourth-order valence-electron chi connectivity index (χ4n) is 3.77. The number of ether oxygens (including phenoxy) is 2. The van der Waals surface area contributed by atoms with Gasteiger partial charge in [0.25, 0.3) is 0 Å². The molecule has 3 rings (SSSR count). The standard InChI is InChI=1S/C20H32BNO4/c1-19(2)20(3,4)26-21(25-19)15-10-12-16(13-11-15)22-14-8-7-9-17(22)18(23-5)24-6/h10-13,17-18H,7-9,14H2,1-6H3. The van der Waals surface area contributed by atoms with Crippen molar-refractivity contribution < 1.29 is 18.8 Å². The third-order valence-electron chi connectivity index (χ3n) is 6.08. The first-order chi connectivity index (χ1) is 12.3. The van der Waals surface area contributed by atoms with Crippen LogP contribution in [0.4, 0.5) is 5.69 Å². The summed E-state index contributed by atoms with van der Waals surface area (Å²) in [6, 6.07) is 8.76. The van der Waals surface area contributed by atoms with Crippen molar-refractivity contribution in [2.45, 2.75) is 70.5 Å². The number of nitrogens with zero attached hydrogens (tertiary/aromatic N) is 1. The quantitative estimate of drug-likeness (QED) is 0.596. The number of hydrogen-bond acceptors (Lipinski definition) is 5. The summed E-state index contributed by atoms with van der Waals surface area (Å²) >= 11 is 0. The van der Waals surface area contributed by atoms with Gasteiger partial charge in [-0.25, -0.2) is 0 Å². The molecule has 1 aromatic carbocycles. The van der Waals surface area contributed by atoms with Crippen LogP contribution in [0.15, 0.2) is 24.3 Å². The van der Waals surface area contributed by atoms with Crippen LogP contribution in [0, 0.1) is 0 Å². The molecule has 144 valence electrons. The third kappa shape index (κ3) is 3.65. The highest BCUT2D eigenvalue weighted by molar-refractivity contribution is 6.62. The fourth-order valence-corrected chi connectivity index (χ4v) is 3.77. The van der Waals surface area contributed by atoms with Gasteiger partial charge in [-0.1, -0.05) is 12.1 Å². The molecule has 1 atom stereocenters. The Balaban J connectivity index is 1.77. The minimum Gasteiger partial charge on any atom is -0.399 e. The van der Waals surface area contributed by atoms with Gasteiger partial charge in [-0.3, -0.25) is 0 Å². The molecule has 0 N–H and O–H groups in total. The van der Waals surface area contributed by atoms with Gasteiger partial charge in [0.05, 0.1) is 17.2 Å². The Hall–Kier alpha value is -1.08. The number of hydrogen-bond donors (Lipinski definition) is 0. The molecule has 5 nitrogen and oxygen atoms in total. The molecule has 1 unspecified atom stereocenters. The van der Waals surface area contributed by atoms with E-state index in [-0.39, 0.29) is 30.7 Å².